The Kier molecular flexibility index (Phi) is 7.05. The van der Waals surface area contributed by atoms with Crippen LogP contribution in [0.15, 0.2) is 29.2 Å². The van der Waals surface area contributed by atoms with Gasteiger partial charge in [0.1, 0.15) is 5.54 Å². The SMILES string of the molecule is CCOC1CC(N)(C(=O)Nc2ccc(SC3CCCC3)cc2)C1(C)C.Cl. The number of nitrogens with two attached hydrogens (primary N) is 1. The van der Waals surface area contributed by atoms with E-state index in [1.807, 2.05) is 44.7 Å². The van der Waals surface area contributed by atoms with E-state index in [1.54, 1.807) is 0 Å². The van der Waals surface area contributed by atoms with Gasteiger partial charge in [0.25, 0.3) is 0 Å². The van der Waals surface area contributed by atoms with E-state index < -0.39 is 5.54 Å². The number of benzene rings is 1. The summed E-state index contributed by atoms with van der Waals surface area (Å²) in [6, 6.07) is 8.14. The monoisotopic (exact) mass is 398 g/mol. The number of nitrogens with one attached hydrogen (secondary N) is 1. The van der Waals surface area contributed by atoms with E-state index in [1.165, 1.54) is 30.6 Å². The second-order valence-corrected chi connectivity index (χ2v) is 9.22. The van der Waals surface area contributed by atoms with Crippen LogP contribution in [-0.4, -0.2) is 29.4 Å². The van der Waals surface area contributed by atoms with Crippen LogP contribution in [0.4, 0.5) is 5.69 Å². The van der Waals surface area contributed by atoms with Gasteiger partial charge in [-0.3, -0.25) is 4.79 Å². The Hall–Kier alpha value is -0.750. The fourth-order valence-electron chi connectivity index (χ4n) is 3.88. The van der Waals surface area contributed by atoms with Crippen LogP contribution in [0.2, 0.25) is 0 Å². The zero-order chi connectivity index (χ0) is 18.1. The summed E-state index contributed by atoms with van der Waals surface area (Å²) in [6.07, 6.45) is 5.93. The lowest BCUT2D eigenvalue weighted by atomic mass is 9.54. The van der Waals surface area contributed by atoms with Crippen molar-refractivity contribution in [1.29, 1.82) is 0 Å². The topological polar surface area (TPSA) is 64.3 Å². The number of ether oxygens (including phenoxy) is 1. The first-order valence-electron chi connectivity index (χ1n) is 9.35. The minimum Gasteiger partial charge on any atom is -0.378 e. The first-order chi connectivity index (χ1) is 11.9. The van der Waals surface area contributed by atoms with Crippen molar-refractivity contribution in [2.75, 3.05) is 11.9 Å². The van der Waals surface area contributed by atoms with Gasteiger partial charge in [-0.2, -0.15) is 0 Å². The molecule has 4 nitrogen and oxygen atoms in total. The summed E-state index contributed by atoms with van der Waals surface area (Å²) in [4.78, 5) is 14.0. The highest BCUT2D eigenvalue weighted by molar-refractivity contribution is 8.00. The highest BCUT2D eigenvalue weighted by Crippen LogP contribution is 2.50. The standard InChI is InChI=1S/C20H30N2O2S.ClH/c1-4-24-17-13-20(21,19(17,2)3)18(23)22-14-9-11-16(12-10-14)25-15-7-5-6-8-15;/h9-12,15,17H,4-8,13,21H2,1-3H3,(H,22,23);1H. The summed E-state index contributed by atoms with van der Waals surface area (Å²) in [7, 11) is 0. The van der Waals surface area contributed by atoms with Gasteiger partial charge in [-0.15, -0.1) is 24.2 Å². The van der Waals surface area contributed by atoms with E-state index in [0.717, 1.165) is 10.9 Å². The number of carbonyl (C=O) groups is 1. The molecule has 2 atom stereocenters. The number of halogens is 1. The number of hydrogen-bond acceptors (Lipinski definition) is 4. The highest BCUT2D eigenvalue weighted by atomic mass is 35.5. The summed E-state index contributed by atoms with van der Waals surface area (Å²) < 4.78 is 5.71. The third-order valence-electron chi connectivity index (χ3n) is 5.95. The molecule has 26 heavy (non-hydrogen) atoms. The lowest BCUT2D eigenvalue weighted by Crippen LogP contribution is -2.74. The Labute approximate surface area is 167 Å². The second-order valence-electron chi connectivity index (χ2n) is 7.84. The third kappa shape index (κ3) is 4.06. The number of thioether (sulfide) groups is 1. The molecule has 3 N–H and O–H groups in total. The summed E-state index contributed by atoms with van der Waals surface area (Å²) >= 11 is 1.95. The molecule has 0 heterocycles. The van der Waals surface area contributed by atoms with Crippen LogP contribution >= 0.6 is 24.2 Å². The highest BCUT2D eigenvalue weighted by Gasteiger charge is 2.62. The van der Waals surface area contributed by atoms with Crippen molar-refractivity contribution >= 4 is 35.8 Å². The third-order valence-corrected chi connectivity index (χ3v) is 7.30. The summed E-state index contributed by atoms with van der Waals surface area (Å²) in [6.45, 7) is 6.64. The van der Waals surface area contributed by atoms with Crippen molar-refractivity contribution in [3.63, 3.8) is 0 Å². The lowest BCUT2D eigenvalue weighted by molar-refractivity contribution is -0.166. The van der Waals surface area contributed by atoms with Crippen molar-refractivity contribution in [3.05, 3.63) is 24.3 Å². The van der Waals surface area contributed by atoms with E-state index in [0.29, 0.717) is 13.0 Å². The molecule has 0 saturated heterocycles. The van der Waals surface area contributed by atoms with E-state index in [2.05, 4.69) is 17.4 Å². The van der Waals surface area contributed by atoms with Gasteiger partial charge in [0.05, 0.1) is 6.10 Å². The Morgan fingerprint density at radius 1 is 1.27 bits per heavy atom. The number of amides is 1. The fourth-order valence-corrected chi connectivity index (χ4v) is 5.13. The zero-order valence-electron chi connectivity index (χ0n) is 15.9. The van der Waals surface area contributed by atoms with Crippen LogP contribution in [0, 0.1) is 5.41 Å². The number of carbonyl (C=O) groups excluding carboxylic acids is 1. The minimum absolute atomic E-state index is 0. The number of rotatable bonds is 6. The molecule has 0 spiro atoms. The molecule has 0 aromatic heterocycles. The molecule has 0 aliphatic heterocycles. The van der Waals surface area contributed by atoms with Gasteiger partial charge < -0.3 is 15.8 Å². The molecule has 3 rings (SSSR count). The van der Waals surface area contributed by atoms with Crippen molar-refractivity contribution in [2.45, 2.75) is 74.7 Å². The van der Waals surface area contributed by atoms with Gasteiger partial charge in [0, 0.05) is 34.3 Å². The molecule has 146 valence electrons. The second kappa shape index (κ2) is 8.51. The maximum atomic E-state index is 12.7. The Bertz CT molecular complexity index is 617. The van der Waals surface area contributed by atoms with Gasteiger partial charge in [-0.1, -0.05) is 26.7 Å². The smallest absolute Gasteiger partial charge is 0.245 e. The summed E-state index contributed by atoms with van der Waals surface area (Å²) in [5.41, 5.74) is 5.99. The van der Waals surface area contributed by atoms with Crippen molar-refractivity contribution in [1.82, 2.24) is 0 Å². The molecule has 2 aliphatic rings. The first-order valence-corrected chi connectivity index (χ1v) is 10.2. The summed E-state index contributed by atoms with van der Waals surface area (Å²) in [5, 5.41) is 3.74. The van der Waals surface area contributed by atoms with Gasteiger partial charge in [0.15, 0.2) is 0 Å². The summed E-state index contributed by atoms with van der Waals surface area (Å²) in [5.74, 6) is -0.121. The molecule has 1 aromatic rings. The van der Waals surface area contributed by atoms with Crippen LogP contribution in [0.25, 0.3) is 0 Å². The van der Waals surface area contributed by atoms with Gasteiger partial charge in [-0.25, -0.2) is 0 Å². The minimum atomic E-state index is -0.885. The van der Waals surface area contributed by atoms with Crippen LogP contribution in [0.1, 0.15) is 52.9 Å². The van der Waals surface area contributed by atoms with E-state index in [-0.39, 0.29) is 29.8 Å². The first kappa shape index (κ1) is 21.5. The average Bonchev–Trinajstić information content (AvgIpc) is 3.09. The molecule has 2 fully saturated rings. The molecule has 0 radical (unpaired) electrons. The van der Waals surface area contributed by atoms with E-state index in [4.69, 9.17) is 10.5 Å². The molecule has 0 bridgehead atoms. The van der Waals surface area contributed by atoms with Crippen molar-refractivity contribution in [2.24, 2.45) is 11.1 Å². The molecule has 2 unspecified atom stereocenters. The molecular formula is C20H31ClN2O2S. The quantitative estimate of drug-likeness (QED) is 0.734. The Morgan fingerprint density at radius 2 is 1.88 bits per heavy atom. The van der Waals surface area contributed by atoms with Gasteiger partial charge >= 0.3 is 0 Å². The van der Waals surface area contributed by atoms with E-state index in [9.17, 15) is 4.79 Å². The normalized spacial score (nSPS) is 27.5. The molecule has 1 amide bonds. The maximum Gasteiger partial charge on any atom is 0.245 e. The van der Waals surface area contributed by atoms with E-state index >= 15 is 0 Å². The maximum absolute atomic E-state index is 12.7. The number of hydrogen-bond donors (Lipinski definition) is 2. The molecule has 2 aliphatic carbocycles. The molecule has 6 heteroatoms. The largest absolute Gasteiger partial charge is 0.378 e. The Morgan fingerprint density at radius 3 is 2.42 bits per heavy atom. The predicted octanol–water partition coefficient (Wildman–Crippen LogP) is 4.61. The average molecular weight is 399 g/mol. The van der Waals surface area contributed by atoms with Crippen LogP contribution in [0.3, 0.4) is 0 Å². The fraction of sp³-hybridized carbons (Fsp3) is 0.650. The molecular weight excluding hydrogens is 368 g/mol. The van der Waals surface area contributed by atoms with Gasteiger partial charge in [0.2, 0.25) is 5.91 Å². The van der Waals surface area contributed by atoms with Crippen LogP contribution in [-0.2, 0) is 9.53 Å². The van der Waals surface area contributed by atoms with Crippen molar-refractivity contribution < 1.29 is 9.53 Å². The molecule has 2 saturated carbocycles. The van der Waals surface area contributed by atoms with Crippen LogP contribution < -0.4 is 11.1 Å². The lowest BCUT2D eigenvalue weighted by Gasteiger charge is -2.57. The predicted molar refractivity (Wildman–Crippen MR) is 111 cm³/mol. The Balaban J connectivity index is 0.00000243. The van der Waals surface area contributed by atoms with Gasteiger partial charge in [-0.05, 0) is 44.0 Å². The zero-order valence-corrected chi connectivity index (χ0v) is 17.6. The number of anilines is 1. The van der Waals surface area contributed by atoms with Crippen LogP contribution in [0.5, 0.6) is 0 Å². The van der Waals surface area contributed by atoms with Crippen molar-refractivity contribution in [3.8, 4) is 0 Å². The molecule has 1 aromatic carbocycles.